The molecule has 1 aromatic heterocycles. The van der Waals surface area contributed by atoms with Crippen LogP contribution in [0.15, 0.2) is 16.8 Å². The Labute approximate surface area is 64.4 Å². The smallest absolute Gasteiger partial charge is 0.151 e. The van der Waals surface area contributed by atoms with Crippen LogP contribution in [0.1, 0.15) is 5.56 Å². The van der Waals surface area contributed by atoms with Crippen LogP contribution < -0.4 is 0 Å². The van der Waals surface area contributed by atoms with Crippen molar-refractivity contribution in [3.05, 3.63) is 22.4 Å². The highest BCUT2D eigenvalue weighted by Gasteiger charge is 2.02. The quantitative estimate of drug-likeness (QED) is 0.680. The minimum atomic E-state index is -2.84. The van der Waals surface area contributed by atoms with Gasteiger partial charge in [-0.2, -0.15) is 11.3 Å². The van der Waals surface area contributed by atoms with Gasteiger partial charge in [0.25, 0.3) is 0 Å². The lowest BCUT2D eigenvalue weighted by Gasteiger charge is -1.91. The Kier molecular flexibility index (Phi) is 2.11. The second-order valence-corrected chi connectivity index (χ2v) is 5.12. The van der Waals surface area contributed by atoms with E-state index in [1.54, 1.807) is 0 Å². The third-order valence-corrected chi connectivity index (χ3v) is 2.60. The van der Waals surface area contributed by atoms with Gasteiger partial charge in [0.05, 0.1) is 5.75 Å². The van der Waals surface area contributed by atoms with Crippen molar-refractivity contribution in [1.29, 1.82) is 0 Å². The Balaban J connectivity index is 2.75. The molecule has 1 aromatic rings. The van der Waals surface area contributed by atoms with E-state index in [2.05, 4.69) is 0 Å². The summed E-state index contributed by atoms with van der Waals surface area (Å²) in [5.41, 5.74) is 0.882. The maximum atomic E-state index is 10.7. The number of hydrogen-bond donors (Lipinski definition) is 0. The van der Waals surface area contributed by atoms with E-state index in [4.69, 9.17) is 0 Å². The Morgan fingerprint density at radius 1 is 1.60 bits per heavy atom. The van der Waals surface area contributed by atoms with Gasteiger partial charge in [-0.1, -0.05) is 0 Å². The molecule has 0 N–H and O–H groups in total. The molecule has 0 saturated heterocycles. The molecule has 4 heteroatoms. The number of hydrogen-bond acceptors (Lipinski definition) is 3. The van der Waals surface area contributed by atoms with Gasteiger partial charge < -0.3 is 0 Å². The molecule has 0 aromatic carbocycles. The van der Waals surface area contributed by atoms with Gasteiger partial charge in [-0.25, -0.2) is 8.42 Å². The van der Waals surface area contributed by atoms with Crippen LogP contribution in [0.4, 0.5) is 0 Å². The average Bonchev–Trinajstić information content (AvgIpc) is 2.12. The molecule has 10 heavy (non-hydrogen) atoms. The molecule has 1 heterocycles. The average molecular weight is 176 g/mol. The maximum absolute atomic E-state index is 10.7. The zero-order valence-electron chi connectivity index (χ0n) is 5.57. The minimum Gasteiger partial charge on any atom is -0.229 e. The molecule has 1 rings (SSSR count). The van der Waals surface area contributed by atoms with Gasteiger partial charge in [0.2, 0.25) is 0 Å². The van der Waals surface area contributed by atoms with Crippen molar-refractivity contribution < 1.29 is 8.42 Å². The summed E-state index contributed by atoms with van der Waals surface area (Å²) in [6.45, 7) is 0. The van der Waals surface area contributed by atoms with Crippen molar-refractivity contribution >= 4 is 21.2 Å². The van der Waals surface area contributed by atoms with Crippen molar-refractivity contribution in [2.75, 3.05) is 6.26 Å². The summed E-state index contributed by atoms with van der Waals surface area (Å²) in [6.07, 6.45) is 1.24. The first-order valence-electron chi connectivity index (χ1n) is 2.77. The number of sulfone groups is 1. The number of thiophene rings is 1. The summed E-state index contributed by atoms with van der Waals surface area (Å²) >= 11 is 1.52. The van der Waals surface area contributed by atoms with Crippen LogP contribution in [0.2, 0.25) is 0 Å². The van der Waals surface area contributed by atoms with Crippen molar-refractivity contribution in [3.63, 3.8) is 0 Å². The van der Waals surface area contributed by atoms with E-state index in [1.807, 2.05) is 16.8 Å². The maximum Gasteiger partial charge on any atom is 0.151 e. The molecule has 2 nitrogen and oxygen atoms in total. The lowest BCUT2D eigenvalue weighted by atomic mass is 10.4. The summed E-state index contributed by atoms with van der Waals surface area (Å²) in [6, 6.07) is 1.83. The Morgan fingerprint density at radius 2 is 2.30 bits per heavy atom. The first kappa shape index (κ1) is 7.75. The normalized spacial score (nSPS) is 11.7. The summed E-state index contributed by atoms with van der Waals surface area (Å²) in [7, 11) is -2.84. The van der Waals surface area contributed by atoms with Crippen molar-refractivity contribution in [2.24, 2.45) is 0 Å². The SMILES string of the molecule is CS(=O)(=O)Cc1ccsc1. The molecule has 0 amide bonds. The zero-order chi connectivity index (χ0) is 7.61. The minimum absolute atomic E-state index is 0.163. The van der Waals surface area contributed by atoms with E-state index in [1.165, 1.54) is 17.6 Å². The molecule has 0 spiro atoms. The second-order valence-electron chi connectivity index (χ2n) is 2.20. The van der Waals surface area contributed by atoms with E-state index in [-0.39, 0.29) is 5.75 Å². The zero-order valence-corrected chi connectivity index (χ0v) is 7.21. The molecule has 0 atom stereocenters. The molecule has 0 fully saturated rings. The van der Waals surface area contributed by atoms with Crippen molar-refractivity contribution in [2.45, 2.75) is 5.75 Å². The van der Waals surface area contributed by atoms with E-state index in [0.717, 1.165) is 5.56 Å². The van der Waals surface area contributed by atoms with Crippen LogP contribution >= 0.6 is 11.3 Å². The van der Waals surface area contributed by atoms with Crippen LogP contribution in [0, 0.1) is 0 Å². The van der Waals surface area contributed by atoms with E-state index in [0.29, 0.717) is 0 Å². The van der Waals surface area contributed by atoms with Crippen molar-refractivity contribution in [1.82, 2.24) is 0 Å². The summed E-state index contributed by atoms with van der Waals surface area (Å²) in [4.78, 5) is 0. The molecule has 0 bridgehead atoms. The van der Waals surface area contributed by atoms with Gasteiger partial charge in [-0.15, -0.1) is 0 Å². The Bertz CT molecular complexity index is 284. The van der Waals surface area contributed by atoms with Crippen LogP contribution in [0.3, 0.4) is 0 Å². The molecule has 0 radical (unpaired) electrons. The summed E-state index contributed by atoms with van der Waals surface area (Å²) < 4.78 is 21.4. The Morgan fingerprint density at radius 3 is 2.70 bits per heavy atom. The van der Waals surface area contributed by atoms with Gasteiger partial charge in [-0.05, 0) is 22.4 Å². The van der Waals surface area contributed by atoms with Crippen LogP contribution in [0.5, 0.6) is 0 Å². The largest absolute Gasteiger partial charge is 0.229 e. The van der Waals surface area contributed by atoms with Gasteiger partial charge in [0.15, 0.2) is 9.84 Å². The molecule has 0 aliphatic rings. The first-order valence-corrected chi connectivity index (χ1v) is 5.77. The molecular weight excluding hydrogens is 168 g/mol. The molecule has 0 aliphatic carbocycles. The molecular formula is C6H8O2S2. The molecule has 56 valence electrons. The lowest BCUT2D eigenvalue weighted by Crippen LogP contribution is -1.98. The van der Waals surface area contributed by atoms with E-state index in [9.17, 15) is 8.42 Å². The van der Waals surface area contributed by atoms with Crippen LogP contribution in [0.25, 0.3) is 0 Å². The predicted molar refractivity (Wildman–Crippen MR) is 42.9 cm³/mol. The fraction of sp³-hybridized carbons (Fsp3) is 0.333. The molecule has 0 saturated carbocycles. The fourth-order valence-electron chi connectivity index (χ4n) is 0.678. The topological polar surface area (TPSA) is 34.1 Å². The van der Waals surface area contributed by atoms with Gasteiger partial charge in [-0.3, -0.25) is 0 Å². The monoisotopic (exact) mass is 176 g/mol. The predicted octanol–water partition coefficient (Wildman–Crippen LogP) is 1.29. The first-order chi connectivity index (χ1) is 4.58. The third-order valence-electron chi connectivity index (χ3n) is 1.01. The van der Waals surface area contributed by atoms with Crippen LogP contribution in [-0.4, -0.2) is 14.7 Å². The fourth-order valence-corrected chi connectivity index (χ4v) is 2.24. The highest BCUT2D eigenvalue weighted by molar-refractivity contribution is 7.89. The standard InChI is InChI=1S/C6H8O2S2/c1-10(7,8)5-6-2-3-9-4-6/h2-4H,5H2,1H3. The lowest BCUT2D eigenvalue weighted by molar-refractivity contribution is 0.601. The summed E-state index contributed by atoms with van der Waals surface area (Å²) in [5.74, 6) is 0.163. The number of rotatable bonds is 2. The van der Waals surface area contributed by atoms with Gasteiger partial charge >= 0.3 is 0 Å². The summed E-state index contributed by atoms with van der Waals surface area (Å²) in [5, 5.41) is 3.72. The van der Waals surface area contributed by atoms with Gasteiger partial charge in [0, 0.05) is 6.26 Å². The highest BCUT2D eigenvalue weighted by atomic mass is 32.2. The van der Waals surface area contributed by atoms with E-state index < -0.39 is 9.84 Å². The second kappa shape index (κ2) is 2.72. The molecule has 0 aliphatic heterocycles. The highest BCUT2D eigenvalue weighted by Crippen LogP contribution is 2.08. The van der Waals surface area contributed by atoms with Gasteiger partial charge in [0.1, 0.15) is 0 Å². The Hall–Kier alpha value is -0.350. The van der Waals surface area contributed by atoms with E-state index >= 15 is 0 Å². The van der Waals surface area contributed by atoms with Crippen molar-refractivity contribution in [3.8, 4) is 0 Å². The molecule has 0 unspecified atom stereocenters. The third kappa shape index (κ3) is 2.49. The van der Waals surface area contributed by atoms with Crippen LogP contribution in [-0.2, 0) is 15.6 Å².